The van der Waals surface area contributed by atoms with Crippen LogP contribution in [0.2, 0.25) is 0 Å². The molecule has 2 fully saturated rings. The van der Waals surface area contributed by atoms with Gasteiger partial charge in [-0.1, -0.05) is 70.7 Å². The predicted octanol–water partition coefficient (Wildman–Crippen LogP) is 6.38. The molecule has 8 nitrogen and oxygen atoms in total. The average molecular weight is 780 g/mol. The normalized spacial score (nSPS) is 24.4. The summed E-state index contributed by atoms with van der Waals surface area (Å²) in [6, 6.07) is 19.2. The molecule has 7 rings (SSSR count). The highest BCUT2D eigenvalue weighted by Gasteiger charge is 2.31. The van der Waals surface area contributed by atoms with Crippen LogP contribution < -0.4 is 14.4 Å². The van der Waals surface area contributed by atoms with Crippen LogP contribution in [0.3, 0.4) is 0 Å². The highest BCUT2D eigenvalue weighted by molar-refractivity contribution is 8.76. The number of benzene rings is 2. The third kappa shape index (κ3) is 10.0. The molecule has 290 valence electrons. The van der Waals surface area contributed by atoms with Gasteiger partial charge in [-0.05, 0) is 102 Å². The highest BCUT2D eigenvalue weighted by atomic mass is 33.1. The second-order valence-electron chi connectivity index (χ2n) is 15.1. The van der Waals surface area contributed by atoms with Crippen molar-refractivity contribution >= 4 is 56.9 Å². The van der Waals surface area contributed by atoms with Crippen LogP contribution in [0.4, 0.5) is 11.4 Å². The minimum Gasteiger partial charge on any atom is -0.396 e. The Morgan fingerprint density at radius 2 is 1.36 bits per heavy atom. The van der Waals surface area contributed by atoms with Gasteiger partial charge < -0.3 is 30.2 Å². The molecule has 10 heteroatoms. The molecule has 2 saturated heterocycles. The fourth-order valence-corrected chi connectivity index (χ4v) is 10.1. The number of allylic oxidation sites excluding steroid dienone is 5. The number of aryl methyl sites for hydroxylation is 2. The number of anilines is 2. The Morgan fingerprint density at radius 3 is 2.04 bits per heavy atom. The molecule has 55 heavy (non-hydrogen) atoms. The highest BCUT2D eigenvalue weighted by Crippen LogP contribution is 2.34. The molecule has 2 aromatic carbocycles. The number of rotatable bonds is 14. The molecule has 3 aromatic rings. The maximum absolute atomic E-state index is 10.2. The predicted molar refractivity (Wildman–Crippen MR) is 231 cm³/mol. The minimum atomic E-state index is -0.681. The summed E-state index contributed by atoms with van der Waals surface area (Å²) in [5, 5.41) is 39.5. The van der Waals surface area contributed by atoms with E-state index in [9.17, 15) is 20.4 Å². The van der Waals surface area contributed by atoms with E-state index in [1.807, 2.05) is 32.6 Å². The topological polar surface area (TPSA) is 104 Å². The average Bonchev–Trinajstić information content (AvgIpc) is 3.76. The van der Waals surface area contributed by atoms with Crippen LogP contribution in [-0.4, -0.2) is 95.8 Å². The molecule has 1 aromatic heterocycles. The Hall–Kier alpha value is -3.64. The molecule has 3 heterocycles. The number of hydrogen-bond acceptors (Lipinski definition) is 9. The molecule has 0 saturated carbocycles. The van der Waals surface area contributed by atoms with Crippen LogP contribution in [0.1, 0.15) is 54.4 Å². The molecule has 0 amide bonds. The molecule has 0 radical (unpaired) electrons. The zero-order valence-electron chi connectivity index (χ0n) is 31.7. The van der Waals surface area contributed by atoms with Gasteiger partial charge in [-0.25, -0.2) is 4.57 Å². The molecule has 0 bridgehead atoms. The van der Waals surface area contributed by atoms with Crippen molar-refractivity contribution in [2.45, 2.75) is 63.4 Å². The standard InChI is InChI=1S/C45H55N4O4S2/c1-2-41-34(23-32-9-13-39(14-10-32)48-27-38(31-50)43(51)28-48)5-3-7-36(41)25-46-18-21-54-55-22-20-47-19-17-42-35(6-4-8-37(42)26-47)24-33-11-15-40(16-12-33)49-29-44(52)45(53)30-49/h2,9-17,19,23-26,38,43-45,50-53H,1,3-8,18,20-22,27-31H2/q+1/b34-23+,46-25+. The Bertz CT molecular complexity index is 1900. The fourth-order valence-electron chi connectivity index (χ4n) is 8.20. The molecule has 4 atom stereocenters. The second kappa shape index (κ2) is 19.0. The molecule has 0 spiro atoms. The van der Waals surface area contributed by atoms with E-state index < -0.39 is 18.3 Å². The summed E-state index contributed by atoms with van der Waals surface area (Å²) in [7, 11) is 3.81. The smallest absolute Gasteiger partial charge is 0.172 e. The van der Waals surface area contributed by atoms with E-state index in [2.05, 4.69) is 101 Å². The van der Waals surface area contributed by atoms with E-state index in [0.717, 1.165) is 80.1 Å². The third-order valence-corrected chi connectivity index (χ3v) is 13.7. The molecule has 4 aliphatic rings. The summed E-state index contributed by atoms with van der Waals surface area (Å²) in [5.41, 5.74) is 12.4. The number of aliphatic imine (C=N–C) groups is 1. The van der Waals surface area contributed by atoms with Crippen LogP contribution >= 0.6 is 21.6 Å². The molecule has 4 unspecified atom stereocenters. The van der Waals surface area contributed by atoms with Gasteiger partial charge in [0.15, 0.2) is 18.9 Å². The van der Waals surface area contributed by atoms with Crippen molar-refractivity contribution in [2.24, 2.45) is 10.9 Å². The van der Waals surface area contributed by atoms with Gasteiger partial charge in [0.1, 0.15) is 0 Å². The van der Waals surface area contributed by atoms with Gasteiger partial charge in [-0.2, -0.15) is 0 Å². The van der Waals surface area contributed by atoms with E-state index in [1.54, 1.807) is 0 Å². The van der Waals surface area contributed by atoms with Crippen molar-refractivity contribution in [1.82, 2.24) is 0 Å². The van der Waals surface area contributed by atoms with Gasteiger partial charge in [0, 0.05) is 73.6 Å². The minimum absolute atomic E-state index is 0.0131. The van der Waals surface area contributed by atoms with Crippen LogP contribution in [0.25, 0.3) is 17.7 Å². The monoisotopic (exact) mass is 779 g/mol. The largest absolute Gasteiger partial charge is 0.396 e. The van der Waals surface area contributed by atoms with E-state index in [-0.39, 0.29) is 12.5 Å². The molecule has 2 aliphatic carbocycles. The van der Waals surface area contributed by atoms with E-state index in [4.69, 9.17) is 4.99 Å². The zero-order chi connectivity index (χ0) is 38.1. The number of hydrogen-bond donors (Lipinski definition) is 4. The Labute approximate surface area is 334 Å². The number of nitrogens with zero attached hydrogens (tertiary/aromatic N) is 4. The summed E-state index contributed by atoms with van der Waals surface area (Å²) in [5.74, 6) is 1.94. The lowest BCUT2D eigenvalue weighted by atomic mass is 9.86. The second-order valence-corrected chi connectivity index (χ2v) is 17.8. The number of β-amino-alcohol motifs (C(OH)–C–C–N with tert-alkyl or cyclic N) is 3. The lowest BCUT2D eigenvalue weighted by Crippen LogP contribution is -2.35. The van der Waals surface area contributed by atoms with Crippen molar-refractivity contribution in [3.63, 3.8) is 0 Å². The first-order chi connectivity index (χ1) is 26.9. The number of aliphatic hydroxyl groups excluding tert-OH is 4. The van der Waals surface area contributed by atoms with Gasteiger partial charge in [0.05, 0.1) is 30.7 Å². The fraction of sp³-hybridized carbons (Fsp3) is 0.422. The lowest BCUT2D eigenvalue weighted by Gasteiger charge is -2.20. The number of fused-ring (bicyclic) bond motifs is 1. The number of aromatic nitrogens is 1. The first-order valence-electron chi connectivity index (χ1n) is 19.8. The van der Waals surface area contributed by atoms with Crippen LogP contribution in [0, 0.1) is 5.92 Å². The Morgan fingerprint density at radius 1 is 0.745 bits per heavy atom. The molecular weight excluding hydrogens is 725 g/mol. The zero-order valence-corrected chi connectivity index (χ0v) is 33.3. The van der Waals surface area contributed by atoms with Gasteiger partial charge >= 0.3 is 0 Å². The maximum Gasteiger partial charge on any atom is 0.172 e. The number of aliphatic hydroxyl groups is 4. The lowest BCUT2D eigenvalue weighted by molar-refractivity contribution is -0.692. The summed E-state index contributed by atoms with van der Waals surface area (Å²) in [4.78, 5) is 9.00. The maximum atomic E-state index is 10.2. The van der Waals surface area contributed by atoms with Crippen LogP contribution in [-0.2, 0) is 13.0 Å². The summed E-state index contributed by atoms with van der Waals surface area (Å²) >= 11 is 0. The first-order valence-corrected chi connectivity index (χ1v) is 22.3. The molecule has 2 aliphatic heterocycles. The van der Waals surface area contributed by atoms with Crippen LogP contribution in [0.15, 0.2) is 101 Å². The SMILES string of the molecule is C=CC1=C(/C=N/CCSSCC[n+]2ccc3c(c2)CCC/C3=C\c2ccc(N3CC(O)C(O)C3)cc2)CCC/C1=C\c1ccc(N2CC(O)C(CO)C2)cc1. The Balaban J connectivity index is 0.855. The quantitative estimate of drug-likeness (QED) is 0.0648. The molecule has 4 N–H and O–H groups in total. The van der Waals surface area contributed by atoms with Gasteiger partial charge in [-0.15, -0.1) is 0 Å². The van der Waals surface area contributed by atoms with Gasteiger partial charge in [0.25, 0.3) is 0 Å². The first kappa shape index (κ1) is 39.6. The van der Waals surface area contributed by atoms with Crippen molar-refractivity contribution < 1.29 is 25.0 Å². The van der Waals surface area contributed by atoms with E-state index >= 15 is 0 Å². The van der Waals surface area contributed by atoms with Crippen molar-refractivity contribution in [3.8, 4) is 0 Å². The van der Waals surface area contributed by atoms with Gasteiger partial charge in [-0.3, -0.25) is 4.99 Å². The van der Waals surface area contributed by atoms with Crippen molar-refractivity contribution in [1.29, 1.82) is 0 Å². The van der Waals surface area contributed by atoms with Crippen molar-refractivity contribution in [2.75, 3.05) is 60.6 Å². The summed E-state index contributed by atoms with van der Waals surface area (Å²) < 4.78 is 2.33. The summed E-state index contributed by atoms with van der Waals surface area (Å²) in [6.07, 6.45) is 17.9. The number of pyridine rings is 1. The molecular formula is C45H55N4O4S2+. The van der Waals surface area contributed by atoms with Gasteiger partial charge in [0.2, 0.25) is 0 Å². The Kier molecular flexibility index (Phi) is 13.7. The van der Waals surface area contributed by atoms with E-state index in [1.165, 1.54) is 39.0 Å². The summed E-state index contributed by atoms with van der Waals surface area (Å²) in [6.45, 7) is 8.10. The van der Waals surface area contributed by atoms with E-state index in [0.29, 0.717) is 26.2 Å². The third-order valence-electron chi connectivity index (χ3n) is 11.3. The van der Waals surface area contributed by atoms with Crippen molar-refractivity contribution in [3.05, 3.63) is 119 Å². The van der Waals surface area contributed by atoms with Crippen LogP contribution in [0.5, 0.6) is 0 Å².